The lowest BCUT2D eigenvalue weighted by molar-refractivity contribution is 0.356. The largest absolute Gasteiger partial charge is 0.493 e. The second-order valence-corrected chi connectivity index (χ2v) is 5.80. The van der Waals surface area contributed by atoms with Gasteiger partial charge in [0.2, 0.25) is 5.95 Å². The molecule has 2 aromatic rings. The Kier molecular flexibility index (Phi) is 3.92. The summed E-state index contributed by atoms with van der Waals surface area (Å²) in [4.78, 5) is 11.3. The first kappa shape index (κ1) is 14.7. The van der Waals surface area contributed by atoms with Gasteiger partial charge in [0.15, 0.2) is 11.5 Å². The summed E-state index contributed by atoms with van der Waals surface area (Å²) in [5.74, 6) is 3.21. The Morgan fingerprint density at radius 1 is 1.09 bits per heavy atom. The lowest BCUT2D eigenvalue weighted by Crippen LogP contribution is -2.34. The van der Waals surface area contributed by atoms with Crippen LogP contribution in [-0.2, 0) is 0 Å². The number of methoxy groups -OCH3 is 2. The number of benzene rings is 1. The van der Waals surface area contributed by atoms with Gasteiger partial charge in [0.1, 0.15) is 5.82 Å². The van der Waals surface area contributed by atoms with Crippen LogP contribution in [0.5, 0.6) is 11.5 Å². The minimum Gasteiger partial charge on any atom is -0.493 e. The zero-order valence-corrected chi connectivity index (χ0v) is 13.3. The number of anilines is 2. The van der Waals surface area contributed by atoms with E-state index in [-0.39, 0.29) is 0 Å². The molecule has 1 saturated heterocycles. The van der Waals surface area contributed by atoms with Crippen molar-refractivity contribution < 1.29 is 9.47 Å². The molecule has 0 spiro atoms. The number of hydrogen-bond acceptors (Lipinski definition) is 6. The van der Waals surface area contributed by atoms with Gasteiger partial charge in [-0.1, -0.05) is 6.92 Å². The molecule has 118 valence electrons. The number of nitrogens with zero attached hydrogens (tertiary/aromatic N) is 3. The van der Waals surface area contributed by atoms with Crippen LogP contribution in [0.2, 0.25) is 0 Å². The van der Waals surface area contributed by atoms with Crippen LogP contribution in [0.15, 0.2) is 12.1 Å². The first-order valence-corrected chi connectivity index (χ1v) is 7.56. The van der Waals surface area contributed by atoms with E-state index in [4.69, 9.17) is 15.2 Å². The number of aromatic nitrogens is 2. The SMILES string of the molecule is COc1cc2nc(N3CCC(C)CC3)nc(N)c2cc1OC. The molecule has 0 amide bonds. The Balaban J connectivity index is 2.03. The van der Waals surface area contributed by atoms with E-state index in [0.29, 0.717) is 23.3 Å². The Morgan fingerprint density at radius 3 is 2.36 bits per heavy atom. The van der Waals surface area contributed by atoms with E-state index < -0.39 is 0 Å². The van der Waals surface area contributed by atoms with E-state index >= 15 is 0 Å². The monoisotopic (exact) mass is 302 g/mol. The fourth-order valence-corrected chi connectivity index (χ4v) is 2.82. The van der Waals surface area contributed by atoms with Gasteiger partial charge in [-0.15, -0.1) is 0 Å². The van der Waals surface area contributed by atoms with Gasteiger partial charge in [-0.3, -0.25) is 0 Å². The number of nitrogen functional groups attached to an aromatic ring is 1. The molecule has 22 heavy (non-hydrogen) atoms. The zero-order valence-electron chi connectivity index (χ0n) is 13.3. The number of ether oxygens (including phenoxy) is 2. The Morgan fingerprint density at radius 2 is 1.73 bits per heavy atom. The van der Waals surface area contributed by atoms with Crippen LogP contribution in [0.1, 0.15) is 19.8 Å². The molecule has 1 aromatic carbocycles. The molecule has 0 radical (unpaired) electrons. The standard InChI is InChI=1S/C16H22N4O2/c1-10-4-6-20(7-5-10)16-18-12-9-14(22-3)13(21-2)8-11(12)15(17)19-16/h8-10H,4-7H2,1-3H3,(H2,17,18,19). The quantitative estimate of drug-likeness (QED) is 0.939. The van der Waals surface area contributed by atoms with Gasteiger partial charge in [0.05, 0.1) is 19.7 Å². The van der Waals surface area contributed by atoms with Crippen molar-refractivity contribution in [1.82, 2.24) is 9.97 Å². The lowest BCUT2D eigenvalue weighted by Gasteiger charge is -2.30. The van der Waals surface area contributed by atoms with Crippen molar-refractivity contribution in [2.24, 2.45) is 5.92 Å². The summed E-state index contributed by atoms with van der Waals surface area (Å²) < 4.78 is 10.7. The number of nitrogens with two attached hydrogens (primary N) is 1. The van der Waals surface area contributed by atoms with Crippen LogP contribution < -0.4 is 20.1 Å². The molecule has 6 heteroatoms. The maximum absolute atomic E-state index is 6.13. The molecular weight excluding hydrogens is 280 g/mol. The molecule has 0 unspecified atom stereocenters. The van der Waals surface area contributed by atoms with E-state index in [9.17, 15) is 0 Å². The van der Waals surface area contributed by atoms with Crippen LogP contribution in [0, 0.1) is 5.92 Å². The Hall–Kier alpha value is -2.24. The van der Waals surface area contributed by atoms with Crippen molar-refractivity contribution in [3.8, 4) is 11.5 Å². The highest BCUT2D eigenvalue weighted by molar-refractivity contribution is 5.91. The topological polar surface area (TPSA) is 73.5 Å². The maximum atomic E-state index is 6.13. The summed E-state index contributed by atoms with van der Waals surface area (Å²) in [6.45, 7) is 4.23. The van der Waals surface area contributed by atoms with E-state index in [1.54, 1.807) is 14.2 Å². The zero-order chi connectivity index (χ0) is 15.7. The predicted octanol–water partition coefficient (Wildman–Crippen LogP) is 2.47. The van der Waals surface area contributed by atoms with Crippen molar-refractivity contribution in [2.45, 2.75) is 19.8 Å². The third-order valence-corrected chi connectivity index (χ3v) is 4.29. The van der Waals surface area contributed by atoms with Crippen molar-refractivity contribution in [3.05, 3.63) is 12.1 Å². The second kappa shape index (κ2) is 5.87. The van der Waals surface area contributed by atoms with Crippen molar-refractivity contribution in [3.63, 3.8) is 0 Å². The molecule has 1 aliphatic heterocycles. The first-order valence-electron chi connectivity index (χ1n) is 7.56. The highest BCUT2D eigenvalue weighted by Gasteiger charge is 2.20. The van der Waals surface area contributed by atoms with Crippen LogP contribution in [0.3, 0.4) is 0 Å². The molecular formula is C16H22N4O2. The molecule has 2 heterocycles. The molecule has 1 fully saturated rings. The molecule has 2 N–H and O–H groups in total. The summed E-state index contributed by atoms with van der Waals surface area (Å²) in [5, 5.41) is 0.784. The molecule has 0 aliphatic carbocycles. The smallest absolute Gasteiger partial charge is 0.227 e. The summed E-state index contributed by atoms with van der Waals surface area (Å²) in [6.07, 6.45) is 2.32. The molecule has 1 aromatic heterocycles. The minimum absolute atomic E-state index is 0.472. The van der Waals surface area contributed by atoms with E-state index in [2.05, 4.69) is 21.8 Å². The summed E-state index contributed by atoms with van der Waals surface area (Å²) in [6, 6.07) is 3.67. The number of rotatable bonds is 3. The normalized spacial score (nSPS) is 16.0. The van der Waals surface area contributed by atoms with Gasteiger partial charge in [0, 0.05) is 24.5 Å². The van der Waals surface area contributed by atoms with Crippen LogP contribution in [-0.4, -0.2) is 37.3 Å². The highest BCUT2D eigenvalue weighted by atomic mass is 16.5. The van der Waals surface area contributed by atoms with E-state index in [0.717, 1.165) is 42.8 Å². The van der Waals surface area contributed by atoms with Crippen molar-refractivity contribution in [2.75, 3.05) is 37.9 Å². The molecule has 1 aliphatic rings. The second-order valence-electron chi connectivity index (χ2n) is 5.80. The Labute approximate surface area is 130 Å². The van der Waals surface area contributed by atoms with E-state index in [1.165, 1.54) is 0 Å². The van der Waals surface area contributed by atoms with E-state index in [1.807, 2.05) is 12.1 Å². The average Bonchev–Trinajstić information content (AvgIpc) is 2.54. The van der Waals surface area contributed by atoms with Crippen LogP contribution in [0.25, 0.3) is 10.9 Å². The van der Waals surface area contributed by atoms with Gasteiger partial charge < -0.3 is 20.1 Å². The maximum Gasteiger partial charge on any atom is 0.227 e. The average molecular weight is 302 g/mol. The van der Waals surface area contributed by atoms with Crippen LogP contribution in [0.4, 0.5) is 11.8 Å². The summed E-state index contributed by atoms with van der Waals surface area (Å²) in [7, 11) is 3.21. The van der Waals surface area contributed by atoms with Crippen molar-refractivity contribution >= 4 is 22.7 Å². The molecule has 0 bridgehead atoms. The number of fused-ring (bicyclic) bond motifs is 1. The van der Waals surface area contributed by atoms with Gasteiger partial charge in [-0.2, -0.15) is 4.98 Å². The third kappa shape index (κ3) is 2.61. The highest BCUT2D eigenvalue weighted by Crippen LogP contribution is 2.34. The third-order valence-electron chi connectivity index (χ3n) is 4.29. The summed E-state index contributed by atoms with van der Waals surface area (Å²) in [5.41, 5.74) is 6.91. The summed E-state index contributed by atoms with van der Waals surface area (Å²) >= 11 is 0. The van der Waals surface area contributed by atoms with Gasteiger partial charge in [-0.05, 0) is 24.8 Å². The molecule has 0 saturated carbocycles. The molecule has 0 atom stereocenters. The lowest BCUT2D eigenvalue weighted by atomic mass is 10.00. The van der Waals surface area contributed by atoms with Gasteiger partial charge in [-0.25, -0.2) is 4.98 Å². The fourth-order valence-electron chi connectivity index (χ4n) is 2.82. The predicted molar refractivity (Wildman–Crippen MR) is 87.7 cm³/mol. The first-order chi connectivity index (χ1) is 10.6. The fraction of sp³-hybridized carbons (Fsp3) is 0.500. The number of hydrogen-bond donors (Lipinski definition) is 1. The molecule has 6 nitrogen and oxygen atoms in total. The Bertz CT molecular complexity index is 681. The van der Waals surface area contributed by atoms with Crippen molar-refractivity contribution in [1.29, 1.82) is 0 Å². The molecule has 3 rings (SSSR count). The minimum atomic E-state index is 0.472. The number of piperidine rings is 1. The van der Waals surface area contributed by atoms with Crippen LogP contribution >= 0.6 is 0 Å². The van der Waals surface area contributed by atoms with Gasteiger partial charge in [0.25, 0.3) is 0 Å². The van der Waals surface area contributed by atoms with Gasteiger partial charge >= 0.3 is 0 Å².